The van der Waals surface area contributed by atoms with Crippen LogP contribution in [0.25, 0.3) is 0 Å². The molecule has 0 bridgehead atoms. The van der Waals surface area contributed by atoms with Crippen LogP contribution in [0.5, 0.6) is 0 Å². The first kappa shape index (κ1) is 22.8. The van der Waals surface area contributed by atoms with Crippen molar-refractivity contribution in [2.75, 3.05) is 31.1 Å². The van der Waals surface area contributed by atoms with Gasteiger partial charge in [0, 0.05) is 36.8 Å². The van der Waals surface area contributed by atoms with Gasteiger partial charge in [-0.3, -0.25) is 9.69 Å². The second-order valence-electron chi connectivity index (χ2n) is 9.66. The van der Waals surface area contributed by atoms with Crippen molar-refractivity contribution >= 4 is 11.6 Å². The van der Waals surface area contributed by atoms with Crippen LogP contribution in [0, 0.1) is 17.7 Å². The van der Waals surface area contributed by atoms with Gasteiger partial charge >= 0.3 is 0 Å². The Morgan fingerprint density at radius 3 is 2.47 bits per heavy atom. The number of piperidine rings is 2. The van der Waals surface area contributed by atoms with Crippen LogP contribution in [0.3, 0.4) is 0 Å². The average Bonchev–Trinajstić information content (AvgIpc) is 2.81. The number of carbonyl (C=O) groups excluding carboxylic acids is 1. The van der Waals surface area contributed by atoms with E-state index in [2.05, 4.69) is 53.2 Å². The van der Waals surface area contributed by atoms with Gasteiger partial charge in [0.05, 0.1) is 6.04 Å². The molecule has 32 heavy (non-hydrogen) atoms. The Balaban J connectivity index is 1.25. The van der Waals surface area contributed by atoms with Crippen LogP contribution in [0.4, 0.5) is 10.1 Å². The van der Waals surface area contributed by atoms with Gasteiger partial charge in [0.1, 0.15) is 5.82 Å². The van der Waals surface area contributed by atoms with E-state index in [0.29, 0.717) is 6.54 Å². The van der Waals surface area contributed by atoms with Gasteiger partial charge in [-0.05, 0) is 75.4 Å². The van der Waals surface area contributed by atoms with E-state index in [4.69, 9.17) is 0 Å². The fourth-order valence-corrected chi connectivity index (χ4v) is 5.03. The van der Waals surface area contributed by atoms with E-state index >= 15 is 0 Å². The molecule has 5 heteroatoms. The minimum Gasteiger partial charge on any atom is -0.371 e. The summed E-state index contributed by atoms with van der Waals surface area (Å²) in [6.07, 6.45) is 4.21. The Morgan fingerprint density at radius 2 is 1.78 bits per heavy atom. The molecule has 0 aromatic heterocycles. The van der Waals surface area contributed by atoms with Crippen molar-refractivity contribution in [3.05, 3.63) is 65.5 Å². The molecule has 2 saturated heterocycles. The number of nitrogens with one attached hydrogen (secondary N) is 1. The quantitative estimate of drug-likeness (QED) is 0.679. The number of anilines is 1. The lowest BCUT2D eigenvalue weighted by Crippen LogP contribution is -2.41. The molecule has 0 aliphatic carbocycles. The molecule has 0 radical (unpaired) electrons. The highest BCUT2D eigenvalue weighted by molar-refractivity contribution is 5.79. The largest absolute Gasteiger partial charge is 0.371 e. The van der Waals surface area contributed by atoms with E-state index in [0.717, 1.165) is 56.1 Å². The highest BCUT2D eigenvalue weighted by Crippen LogP contribution is 2.26. The second kappa shape index (κ2) is 10.5. The van der Waals surface area contributed by atoms with E-state index in [1.165, 1.54) is 24.6 Å². The van der Waals surface area contributed by atoms with Crippen LogP contribution in [-0.2, 0) is 11.3 Å². The highest BCUT2D eigenvalue weighted by Gasteiger charge is 2.26. The van der Waals surface area contributed by atoms with Gasteiger partial charge in [-0.2, -0.15) is 0 Å². The van der Waals surface area contributed by atoms with E-state index in [9.17, 15) is 9.18 Å². The van der Waals surface area contributed by atoms with Crippen molar-refractivity contribution in [1.29, 1.82) is 0 Å². The lowest BCUT2D eigenvalue weighted by Gasteiger charge is -2.33. The van der Waals surface area contributed by atoms with Crippen molar-refractivity contribution in [1.82, 2.24) is 10.2 Å². The summed E-state index contributed by atoms with van der Waals surface area (Å²) in [4.78, 5) is 17.6. The molecule has 2 aromatic rings. The first-order valence-corrected chi connectivity index (χ1v) is 12.1. The van der Waals surface area contributed by atoms with Gasteiger partial charge < -0.3 is 10.2 Å². The summed E-state index contributed by atoms with van der Waals surface area (Å²) in [7, 11) is 0. The number of hydrogen-bond acceptors (Lipinski definition) is 3. The van der Waals surface area contributed by atoms with Crippen LogP contribution >= 0.6 is 0 Å². The zero-order valence-corrected chi connectivity index (χ0v) is 19.4. The summed E-state index contributed by atoms with van der Waals surface area (Å²) in [5.41, 5.74) is 3.15. The number of rotatable bonds is 6. The first-order chi connectivity index (χ1) is 15.5. The van der Waals surface area contributed by atoms with E-state index in [-0.39, 0.29) is 23.7 Å². The van der Waals surface area contributed by atoms with Gasteiger partial charge in [-0.1, -0.05) is 37.3 Å². The molecule has 0 saturated carbocycles. The number of hydrogen-bond donors (Lipinski definition) is 1. The maximum absolute atomic E-state index is 13.9. The Bertz CT molecular complexity index is 892. The summed E-state index contributed by atoms with van der Waals surface area (Å²) < 4.78 is 13.9. The fraction of sp³-hybridized carbons (Fsp3) is 0.519. The minimum atomic E-state index is -0.151. The van der Waals surface area contributed by atoms with Crippen molar-refractivity contribution in [2.45, 2.75) is 52.1 Å². The number of carbonyl (C=O) groups is 1. The molecule has 0 spiro atoms. The number of halogens is 1. The zero-order valence-electron chi connectivity index (χ0n) is 19.4. The lowest BCUT2D eigenvalue weighted by atomic mass is 9.94. The van der Waals surface area contributed by atoms with Crippen LogP contribution in [0.15, 0.2) is 48.5 Å². The molecule has 2 aromatic carbocycles. The molecule has 2 aliphatic rings. The van der Waals surface area contributed by atoms with Gasteiger partial charge in [0.25, 0.3) is 0 Å². The third kappa shape index (κ3) is 5.69. The van der Waals surface area contributed by atoms with Crippen LogP contribution < -0.4 is 10.2 Å². The molecule has 4 rings (SSSR count). The van der Waals surface area contributed by atoms with Crippen LogP contribution in [0.2, 0.25) is 0 Å². The Labute approximate surface area is 191 Å². The molecular formula is C27H36FN3O. The van der Waals surface area contributed by atoms with Crippen molar-refractivity contribution < 1.29 is 9.18 Å². The number of nitrogens with zero attached hydrogens (tertiary/aromatic N) is 2. The predicted molar refractivity (Wildman–Crippen MR) is 128 cm³/mol. The van der Waals surface area contributed by atoms with Crippen molar-refractivity contribution in [2.24, 2.45) is 11.8 Å². The molecule has 1 N–H and O–H groups in total. The predicted octanol–water partition coefficient (Wildman–Crippen LogP) is 5.15. The Hall–Kier alpha value is -2.40. The lowest BCUT2D eigenvalue weighted by molar-refractivity contribution is -0.127. The zero-order chi connectivity index (χ0) is 22.5. The molecule has 172 valence electrons. The summed E-state index contributed by atoms with van der Waals surface area (Å²) >= 11 is 0. The topological polar surface area (TPSA) is 35.6 Å². The normalized spacial score (nSPS) is 21.3. The third-order valence-corrected chi connectivity index (χ3v) is 7.08. The minimum absolute atomic E-state index is 0.00623. The van der Waals surface area contributed by atoms with Crippen molar-refractivity contribution in [3.8, 4) is 0 Å². The molecule has 4 nitrogen and oxygen atoms in total. The first-order valence-electron chi connectivity index (χ1n) is 12.1. The van der Waals surface area contributed by atoms with Crippen molar-refractivity contribution in [3.63, 3.8) is 0 Å². The van der Waals surface area contributed by atoms with E-state index < -0.39 is 0 Å². The monoisotopic (exact) mass is 437 g/mol. The molecule has 1 amide bonds. The maximum atomic E-state index is 13.9. The summed E-state index contributed by atoms with van der Waals surface area (Å²) in [6, 6.07) is 15.6. The fourth-order valence-electron chi connectivity index (χ4n) is 5.03. The van der Waals surface area contributed by atoms with Gasteiger partial charge in [-0.25, -0.2) is 4.39 Å². The maximum Gasteiger partial charge on any atom is 0.223 e. The van der Waals surface area contributed by atoms with E-state index in [1.54, 1.807) is 6.07 Å². The molecular weight excluding hydrogens is 401 g/mol. The standard InChI is InChI=1S/C27H36FN3O/c1-20-6-5-15-31(18-20)25-11-9-22(10-12-25)21(2)29-27(32)23-13-16-30(17-14-23)19-24-7-3-4-8-26(24)28/h3-4,7-12,20-21,23H,5-6,13-19H2,1-2H3,(H,29,32)/t20-,21+/m1/s1. The SMILES string of the molecule is C[C@@H]1CCCN(c2ccc([C@H](C)NC(=O)C3CCN(Cc4ccccc4F)CC3)cc2)C1. The molecule has 2 fully saturated rings. The van der Waals surface area contributed by atoms with Gasteiger partial charge in [0.2, 0.25) is 5.91 Å². The highest BCUT2D eigenvalue weighted by atomic mass is 19.1. The molecule has 0 unspecified atom stereocenters. The number of likely N-dealkylation sites (tertiary alicyclic amines) is 1. The average molecular weight is 438 g/mol. The number of benzene rings is 2. The third-order valence-electron chi connectivity index (χ3n) is 7.08. The molecule has 2 heterocycles. The summed E-state index contributed by atoms with van der Waals surface area (Å²) in [6.45, 7) is 8.89. The van der Waals surface area contributed by atoms with Gasteiger partial charge in [-0.15, -0.1) is 0 Å². The summed E-state index contributed by atoms with van der Waals surface area (Å²) in [5.74, 6) is 0.766. The molecule has 2 atom stereocenters. The van der Waals surface area contributed by atoms with Crippen LogP contribution in [0.1, 0.15) is 56.7 Å². The molecule has 2 aliphatic heterocycles. The van der Waals surface area contributed by atoms with E-state index in [1.807, 2.05) is 12.1 Å². The smallest absolute Gasteiger partial charge is 0.223 e. The second-order valence-corrected chi connectivity index (χ2v) is 9.66. The van der Waals surface area contributed by atoms with Gasteiger partial charge in [0.15, 0.2) is 0 Å². The number of amides is 1. The summed E-state index contributed by atoms with van der Waals surface area (Å²) in [5, 5.41) is 3.21. The Morgan fingerprint density at radius 1 is 1.06 bits per heavy atom. The Kier molecular flexibility index (Phi) is 7.46. The van der Waals surface area contributed by atoms with Crippen LogP contribution in [-0.4, -0.2) is 37.0 Å².